The zero-order valence-electron chi connectivity index (χ0n) is 14.3. The topological polar surface area (TPSA) is 58.2 Å². The van der Waals surface area contributed by atoms with Gasteiger partial charge in [0.1, 0.15) is 0 Å². The van der Waals surface area contributed by atoms with Crippen molar-refractivity contribution < 1.29 is 9.59 Å². The fourth-order valence-electron chi connectivity index (χ4n) is 2.75. The largest absolute Gasteiger partial charge is 0.348 e. The molecule has 0 bridgehead atoms. The van der Waals surface area contributed by atoms with Crippen molar-refractivity contribution in [3.05, 3.63) is 82.9 Å². The van der Waals surface area contributed by atoms with Gasteiger partial charge in [-0.25, -0.2) is 0 Å². The first kappa shape index (κ1) is 18.0. The van der Waals surface area contributed by atoms with Crippen LogP contribution in [0.4, 0.5) is 0 Å². The standard InChI is InChI=1S/C21H19ClN2O2/c1-14(16-11-10-15-6-2-3-7-17(15)12-16)24-20(25)13-23-21(26)18-8-4-5-9-19(18)22/h2-12,14H,13H2,1H3,(H,23,26)(H,24,25)/t14-/m0/s1. The Kier molecular flexibility index (Phi) is 5.54. The van der Waals surface area contributed by atoms with Gasteiger partial charge in [0.15, 0.2) is 0 Å². The molecule has 0 unspecified atom stereocenters. The van der Waals surface area contributed by atoms with Crippen molar-refractivity contribution >= 4 is 34.2 Å². The monoisotopic (exact) mass is 366 g/mol. The molecule has 0 saturated heterocycles. The van der Waals surface area contributed by atoms with Gasteiger partial charge in [0.05, 0.1) is 23.2 Å². The number of fused-ring (bicyclic) bond motifs is 1. The lowest BCUT2D eigenvalue weighted by molar-refractivity contribution is -0.120. The smallest absolute Gasteiger partial charge is 0.253 e. The second-order valence-corrected chi connectivity index (χ2v) is 6.47. The number of rotatable bonds is 5. The maximum atomic E-state index is 12.2. The van der Waals surface area contributed by atoms with Crippen molar-refractivity contribution in [2.75, 3.05) is 6.54 Å². The first-order chi connectivity index (χ1) is 12.5. The zero-order valence-corrected chi connectivity index (χ0v) is 15.1. The van der Waals surface area contributed by atoms with Crippen LogP contribution in [-0.4, -0.2) is 18.4 Å². The highest BCUT2D eigenvalue weighted by Gasteiger charge is 2.13. The summed E-state index contributed by atoms with van der Waals surface area (Å²) in [6.45, 7) is 1.81. The van der Waals surface area contributed by atoms with E-state index in [1.165, 1.54) is 0 Å². The summed E-state index contributed by atoms with van der Waals surface area (Å²) >= 11 is 5.99. The summed E-state index contributed by atoms with van der Waals surface area (Å²) in [5.41, 5.74) is 1.36. The number of halogens is 1. The highest BCUT2D eigenvalue weighted by Crippen LogP contribution is 2.20. The quantitative estimate of drug-likeness (QED) is 0.714. The molecule has 3 rings (SSSR count). The molecule has 26 heavy (non-hydrogen) atoms. The summed E-state index contributed by atoms with van der Waals surface area (Å²) in [6, 6.07) is 20.7. The van der Waals surface area contributed by atoms with Crippen LogP contribution in [-0.2, 0) is 4.79 Å². The van der Waals surface area contributed by atoms with E-state index in [9.17, 15) is 9.59 Å². The predicted octanol–water partition coefficient (Wildman–Crippen LogP) is 4.10. The van der Waals surface area contributed by atoms with Gasteiger partial charge in [-0.2, -0.15) is 0 Å². The van der Waals surface area contributed by atoms with E-state index in [0.717, 1.165) is 16.3 Å². The number of hydrogen-bond acceptors (Lipinski definition) is 2. The lowest BCUT2D eigenvalue weighted by Gasteiger charge is -2.15. The second kappa shape index (κ2) is 8.02. The van der Waals surface area contributed by atoms with Crippen LogP contribution in [0.2, 0.25) is 5.02 Å². The van der Waals surface area contributed by atoms with Crippen LogP contribution in [0.3, 0.4) is 0 Å². The van der Waals surface area contributed by atoms with Gasteiger partial charge >= 0.3 is 0 Å². The first-order valence-corrected chi connectivity index (χ1v) is 8.73. The molecule has 2 amide bonds. The average molecular weight is 367 g/mol. The van der Waals surface area contributed by atoms with Crippen molar-refractivity contribution in [3.63, 3.8) is 0 Å². The minimum absolute atomic E-state index is 0.109. The van der Waals surface area contributed by atoms with Gasteiger partial charge in [0, 0.05) is 0 Å². The fourth-order valence-corrected chi connectivity index (χ4v) is 2.98. The Hall–Kier alpha value is -2.85. The number of hydrogen-bond donors (Lipinski definition) is 2. The van der Waals surface area contributed by atoms with E-state index in [0.29, 0.717) is 10.6 Å². The normalized spacial score (nSPS) is 11.8. The molecule has 3 aromatic rings. The van der Waals surface area contributed by atoms with Crippen LogP contribution < -0.4 is 10.6 Å². The van der Waals surface area contributed by atoms with Crippen molar-refractivity contribution in [1.29, 1.82) is 0 Å². The van der Waals surface area contributed by atoms with Crippen LogP contribution in [0, 0.1) is 0 Å². The lowest BCUT2D eigenvalue weighted by atomic mass is 10.0. The van der Waals surface area contributed by atoms with Gasteiger partial charge in [-0.3, -0.25) is 9.59 Å². The van der Waals surface area contributed by atoms with E-state index in [1.807, 2.05) is 43.3 Å². The molecular weight excluding hydrogens is 348 g/mol. The SMILES string of the molecule is C[C@H](NC(=O)CNC(=O)c1ccccc1Cl)c1ccc2ccccc2c1. The van der Waals surface area contributed by atoms with Gasteiger partial charge in [0.25, 0.3) is 5.91 Å². The molecule has 0 aliphatic heterocycles. The van der Waals surface area contributed by atoms with Gasteiger partial charge in [0.2, 0.25) is 5.91 Å². The molecule has 0 spiro atoms. The summed E-state index contributed by atoms with van der Waals surface area (Å²) in [4.78, 5) is 24.2. The maximum Gasteiger partial charge on any atom is 0.253 e. The molecule has 1 atom stereocenters. The third-order valence-electron chi connectivity index (χ3n) is 4.18. The number of benzene rings is 3. The lowest BCUT2D eigenvalue weighted by Crippen LogP contribution is -2.38. The van der Waals surface area contributed by atoms with E-state index < -0.39 is 0 Å². The predicted molar refractivity (Wildman–Crippen MR) is 104 cm³/mol. The summed E-state index contributed by atoms with van der Waals surface area (Å²) in [6.07, 6.45) is 0. The van der Waals surface area contributed by atoms with Crippen LogP contribution in [0.15, 0.2) is 66.7 Å². The third-order valence-corrected chi connectivity index (χ3v) is 4.51. The van der Waals surface area contributed by atoms with E-state index in [-0.39, 0.29) is 24.4 Å². The van der Waals surface area contributed by atoms with Crippen molar-refractivity contribution in [3.8, 4) is 0 Å². The number of carbonyl (C=O) groups is 2. The molecule has 4 nitrogen and oxygen atoms in total. The molecule has 5 heteroatoms. The Morgan fingerprint density at radius 1 is 0.962 bits per heavy atom. The molecule has 0 heterocycles. The van der Waals surface area contributed by atoms with Crippen LogP contribution >= 0.6 is 11.6 Å². The van der Waals surface area contributed by atoms with Crippen LogP contribution in [0.5, 0.6) is 0 Å². The number of nitrogens with one attached hydrogen (secondary N) is 2. The Labute approximate surface area is 157 Å². The summed E-state index contributed by atoms with van der Waals surface area (Å²) < 4.78 is 0. The molecular formula is C21H19ClN2O2. The van der Waals surface area contributed by atoms with Crippen LogP contribution in [0.25, 0.3) is 10.8 Å². The van der Waals surface area contributed by atoms with Gasteiger partial charge in [-0.15, -0.1) is 0 Å². The van der Waals surface area contributed by atoms with Crippen molar-refractivity contribution in [2.24, 2.45) is 0 Å². The molecule has 0 fully saturated rings. The van der Waals surface area contributed by atoms with E-state index in [2.05, 4.69) is 16.7 Å². The maximum absolute atomic E-state index is 12.2. The minimum atomic E-state index is -0.371. The van der Waals surface area contributed by atoms with Crippen LogP contribution in [0.1, 0.15) is 28.9 Å². The Bertz CT molecular complexity index is 955. The van der Waals surface area contributed by atoms with Gasteiger partial charge in [-0.05, 0) is 41.5 Å². The summed E-state index contributed by atoms with van der Waals surface area (Å²) in [5.74, 6) is -0.629. The van der Waals surface area contributed by atoms with E-state index in [4.69, 9.17) is 11.6 Å². The number of amides is 2. The molecule has 2 N–H and O–H groups in total. The summed E-state index contributed by atoms with van der Waals surface area (Å²) in [5, 5.41) is 8.12. The fraction of sp³-hybridized carbons (Fsp3) is 0.143. The molecule has 0 saturated carbocycles. The second-order valence-electron chi connectivity index (χ2n) is 6.06. The highest BCUT2D eigenvalue weighted by molar-refractivity contribution is 6.33. The minimum Gasteiger partial charge on any atom is -0.348 e. The third kappa shape index (κ3) is 4.21. The van der Waals surface area contributed by atoms with Gasteiger partial charge < -0.3 is 10.6 Å². The Morgan fingerprint density at radius 2 is 1.65 bits per heavy atom. The molecule has 3 aromatic carbocycles. The molecule has 0 aliphatic carbocycles. The number of carbonyl (C=O) groups excluding carboxylic acids is 2. The zero-order chi connectivity index (χ0) is 18.5. The Morgan fingerprint density at radius 3 is 2.42 bits per heavy atom. The van der Waals surface area contributed by atoms with Crippen molar-refractivity contribution in [2.45, 2.75) is 13.0 Å². The summed E-state index contributed by atoms with van der Waals surface area (Å²) in [7, 11) is 0. The van der Waals surface area contributed by atoms with E-state index >= 15 is 0 Å². The molecule has 0 aromatic heterocycles. The van der Waals surface area contributed by atoms with Crippen molar-refractivity contribution in [1.82, 2.24) is 10.6 Å². The molecule has 0 radical (unpaired) electrons. The van der Waals surface area contributed by atoms with Gasteiger partial charge in [-0.1, -0.05) is 60.1 Å². The Balaban J connectivity index is 1.58. The average Bonchev–Trinajstić information content (AvgIpc) is 2.66. The highest BCUT2D eigenvalue weighted by atomic mass is 35.5. The molecule has 0 aliphatic rings. The van der Waals surface area contributed by atoms with E-state index in [1.54, 1.807) is 24.3 Å². The molecule has 132 valence electrons. The first-order valence-electron chi connectivity index (χ1n) is 8.35.